The Morgan fingerprint density at radius 1 is 1.35 bits per heavy atom. The van der Waals surface area contributed by atoms with E-state index in [1.807, 2.05) is 30.6 Å². The van der Waals surface area contributed by atoms with E-state index in [0.29, 0.717) is 12.2 Å². The third-order valence-electron chi connectivity index (χ3n) is 4.35. The first-order valence-electron chi connectivity index (χ1n) is 8.53. The minimum absolute atomic E-state index is 0.0870. The first-order chi connectivity index (χ1) is 12.7. The van der Waals surface area contributed by atoms with E-state index in [9.17, 15) is 4.79 Å². The summed E-state index contributed by atoms with van der Waals surface area (Å²) in [6.07, 6.45) is 4.58. The fraction of sp³-hybridized carbons (Fsp3) is 0.211. The number of carbonyl (C=O) groups is 1. The van der Waals surface area contributed by atoms with Gasteiger partial charge in [-0.25, -0.2) is 4.98 Å². The number of H-pyrrole nitrogens is 1. The summed E-state index contributed by atoms with van der Waals surface area (Å²) in [6.45, 7) is 2.66. The van der Waals surface area contributed by atoms with Crippen LogP contribution in [0.3, 0.4) is 0 Å². The summed E-state index contributed by atoms with van der Waals surface area (Å²) in [5.74, 6) is -0.188. The zero-order valence-electron chi connectivity index (χ0n) is 14.3. The number of benzene rings is 1. The average Bonchev–Trinajstić information content (AvgIpc) is 3.41. The smallest absolute Gasteiger partial charge is 0.272 e. The molecule has 4 rings (SSSR count). The van der Waals surface area contributed by atoms with Crippen molar-refractivity contribution in [2.24, 2.45) is 0 Å². The van der Waals surface area contributed by atoms with Gasteiger partial charge in [-0.15, -0.1) is 11.3 Å². The molecule has 0 fully saturated rings. The number of hydrogen-bond donors (Lipinski definition) is 2. The Morgan fingerprint density at radius 3 is 3.04 bits per heavy atom. The van der Waals surface area contributed by atoms with Crippen LogP contribution in [0.25, 0.3) is 10.9 Å². The molecule has 0 radical (unpaired) electrons. The molecule has 132 valence electrons. The number of rotatable bonds is 6. The van der Waals surface area contributed by atoms with Crippen molar-refractivity contribution in [1.29, 1.82) is 0 Å². The molecule has 1 aromatic carbocycles. The van der Waals surface area contributed by atoms with Gasteiger partial charge in [-0.2, -0.15) is 5.10 Å². The van der Waals surface area contributed by atoms with E-state index in [0.717, 1.165) is 22.6 Å². The minimum Gasteiger partial charge on any atom is -0.341 e. The standard InChI is InChI=1S/C19H19N5OS/c1-2-15(19-20-8-10-26-19)21-18(25)16-11-14(22-23-16)12-24-9-7-13-5-3-4-6-17(13)24/h3-11,15H,2,12H2,1H3,(H,21,25)(H,22,23)/t15-/m0/s1. The van der Waals surface area contributed by atoms with Gasteiger partial charge in [-0.1, -0.05) is 25.1 Å². The Labute approximate surface area is 154 Å². The molecular weight excluding hydrogens is 346 g/mol. The van der Waals surface area contributed by atoms with Gasteiger partial charge in [0.1, 0.15) is 10.7 Å². The highest BCUT2D eigenvalue weighted by Crippen LogP contribution is 2.20. The molecule has 0 spiro atoms. The molecule has 3 heterocycles. The summed E-state index contributed by atoms with van der Waals surface area (Å²) in [7, 11) is 0. The maximum absolute atomic E-state index is 12.5. The van der Waals surface area contributed by atoms with E-state index in [2.05, 4.69) is 43.3 Å². The highest BCUT2D eigenvalue weighted by atomic mass is 32.1. The van der Waals surface area contributed by atoms with Crippen LogP contribution in [-0.4, -0.2) is 25.7 Å². The largest absolute Gasteiger partial charge is 0.341 e. The molecule has 0 aliphatic carbocycles. The van der Waals surface area contributed by atoms with Gasteiger partial charge in [0.2, 0.25) is 0 Å². The molecule has 0 unspecified atom stereocenters. The van der Waals surface area contributed by atoms with Crippen molar-refractivity contribution in [1.82, 2.24) is 25.1 Å². The fourth-order valence-electron chi connectivity index (χ4n) is 3.00. The second kappa shape index (κ2) is 7.13. The molecule has 4 aromatic rings. The maximum Gasteiger partial charge on any atom is 0.272 e. The van der Waals surface area contributed by atoms with Gasteiger partial charge in [0.15, 0.2) is 0 Å². The molecule has 1 amide bonds. The molecule has 0 saturated carbocycles. The van der Waals surface area contributed by atoms with Gasteiger partial charge < -0.3 is 9.88 Å². The van der Waals surface area contributed by atoms with Gasteiger partial charge in [-0.3, -0.25) is 9.89 Å². The predicted molar refractivity (Wildman–Crippen MR) is 102 cm³/mol. The van der Waals surface area contributed by atoms with Crippen molar-refractivity contribution in [3.8, 4) is 0 Å². The number of para-hydroxylation sites is 1. The summed E-state index contributed by atoms with van der Waals surface area (Å²) in [5, 5.41) is 14.2. The van der Waals surface area contributed by atoms with Gasteiger partial charge in [0, 0.05) is 23.3 Å². The van der Waals surface area contributed by atoms with Crippen LogP contribution in [0.4, 0.5) is 0 Å². The van der Waals surface area contributed by atoms with Crippen LogP contribution >= 0.6 is 11.3 Å². The van der Waals surface area contributed by atoms with Gasteiger partial charge >= 0.3 is 0 Å². The van der Waals surface area contributed by atoms with Crippen LogP contribution in [0, 0.1) is 0 Å². The van der Waals surface area contributed by atoms with Crippen molar-refractivity contribution in [3.63, 3.8) is 0 Å². The SMILES string of the molecule is CC[C@H](NC(=O)c1cc(Cn2ccc3ccccc32)[nH]n1)c1nccs1. The Bertz CT molecular complexity index is 1020. The van der Waals surface area contributed by atoms with E-state index in [4.69, 9.17) is 0 Å². The van der Waals surface area contributed by atoms with E-state index in [1.54, 1.807) is 23.6 Å². The van der Waals surface area contributed by atoms with E-state index >= 15 is 0 Å². The van der Waals surface area contributed by atoms with Crippen LogP contribution in [0.5, 0.6) is 0 Å². The van der Waals surface area contributed by atoms with Crippen molar-refractivity contribution in [2.75, 3.05) is 0 Å². The number of amides is 1. The van der Waals surface area contributed by atoms with Crippen LogP contribution in [-0.2, 0) is 6.54 Å². The van der Waals surface area contributed by atoms with Gasteiger partial charge in [0.25, 0.3) is 5.91 Å². The second-order valence-electron chi connectivity index (χ2n) is 6.09. The molecule has 6 nitrogen and oxygen atoms in total. The lowest BCUT2D eigenvalue weighted by molar-refractivity contribution is 0.0930. The number of hydrogen-bond acceptors (Lipinski definition) is 4. The molecule has 26 heavy (non-hydrogen) atoms. The summed E-state index contributed by atoms with van der Waals surface area (Å²) in [6, 6.07) is 12.0. The number of carbonyl (C=O) groups excluding carboxylic acids is 1. The van der Waals surface area contributed by atoms with Gasteiger partial charge in [-0.05, 0) is 30.0 Å². The topological polar surface area (TPSA) is 75.6 Å². The molecule has 0 bridgehead atoms. The normalized spacial score (nSPS) is 12.3. The highest BCUT2D eigenvalue weighted by Gasteiger charge is 2.18. The van der Waals surface area contributed by atoms with E-state index < -0.39 is 0 Å². The summed E-state index contributed by atoms with van der Waals surface area (Å²) < 4.78 is 2.13. The average molecular weight is 365 g/mol. The summed E-state index contributed by atoms with van der Waals surface area (Å²) in [4.78, 5) is 16.8. The zero-order valence-corrected chi connectivity index (χ0v) is 15.2. The van der Waals surface area contributed by atoms with Gasteiger partial charge in [0.05, 0.1) is 18.3 Å². The summed E-state index contributed by atoms with van der Waals surface area (Å²) >= 11 is 1.54. The van der Waals surface area contributed by atoms with Crippen molar-refractivity contribution < 1.29 is 4.79 Å². The molecule has 0 aliphatic rings. The molecule has 0 aliphatic heterocycles. The predicted octanol–water partition coefficient (Wildman–Crippen LogP) is 3.75. The van der Waals surface area contributed by atoms with Crippen molar-refractivity contribution >= 4 is 28.1 Å². The molecule has 2 N–H and O–H groups in total. The summed E-state index contributed by atoms with van der Waals surface area (Å²) in [5.41, 5.74) is 2.44. The van der Waals surface area contributed by atoms with E-state index in [-0.39, 0.29) is 11.9 Å². The maximum atomic E-state index is 12.5. The number of aromatic nitrogens is 4. The zero-order chi connectivity index (χ0) is 17.9. The number of nitrogens with one attached hydrogen (secondary N) is 2. The quantitative estimate of drug-likeness (QED) is 0.546. The Kier molecular flexibility index (Phi) is 4.53. The van der Waals surface area contributed by atoms with Crippen LogP contribution < -0.4 is 5.32 Å². The lowest BCUT2D eigenvalue weighted by Gasteiger charge is -2.13. The lowest BCUT2D eigenvalue weighted by atomic mass is 10.2. The van der Waals surface area contributed by atoms with Crippen LogP contribution in [0.2, 0.25) is 0 Å². The lowest BCUT2D eigenvalue weighted by Crippen LogP contribution is -2.28. The third kappa shape index (κ3) is 3.25. The second-order valence-corrected chi connectivity index (χ2v) is 7.01. The molecule has 1 atom stereocenters. The number of aromatic amines is 1. The minimum atomic E-state index is -0.188. The van der Waals surface area contributed by atoms with E-state index in [1.165, 1.54) is 5.39 Å². The number of thiazole rings is 1. The molecule has 7 heteroatoms. The third-order valence-corrected chi connectivity index (χ3v) is 5.24. The fourth-order valence-corrected chi connectivity index (χ4v) is 3.77. The molecule has 0 saturated heterocycles. The van der Waals surface area contributed by atoms with Crippen molar-refractivity contribution in [2.45, 2.75) is 25.9 Å². The van der Waals surface area contributed by atoms with Crippen LogP contribution in [0.1, 0.15) is 40.6 Å². The first-order valence-corrected chi connectivity index (χ1v) is 9.41. The highest BCUT2D eigenvalue weighted by molar-refractivity contribution is 7.09. The number of nitrogens with zero attached hydrogens (tertiary/aromatic N) is 3. The van der Waals surface area contributed by atoms with Crippen molar-refractivity contribution in [3.05, 3.63) is 70.6 Å². The number of fused-ring (bicyclic) bond motifs is 1. The Morgan fingerprint density at radius 2 is 2.23 bits per heavy atom. The Balaban J connectivity index is 1.48. The van der Waals surface area contributed by atoms with Crippen LogP contribution in [0.15, 0.2) is 54.2 Å². The Hall–Kier alpha value is -2.93. The monoisotopic (exact) mass is 365 g/mol. The molecular formula is C19H19N5OS. The molecule has 3 aromatic heterocycles. The first kappa shape index (κ1) is 16.5.